The highest BCUT2D eigenvalue weighted by molar-refractivity contribution is 7.20. The van der Waals surface area contributed by atoms with Crippen LogP contribution in [-0.4, -0.2) is 17.8 Å². The van der Waals surface area contributed by atoms with Crippen LogP contribution in [0.5, 0.6) is 0 Å². The SMILES string of the molecule is C=C/C(=C\C=C/C)C(=O)/C(=C\c1ccc(NC)cc1)c1nc2ccccc2s1. The van der Waals surface area contributed by atoms with Gasteiger partial charge in [-0.05, 0) is 42.8 Å². The van der Waals surface area contributed by atoms with Gasteiger partial charge in [-0.2, -0.15) is 0 Å². The first-order valence-corrected chi connectivity index (χ1v) is 9.83. The second-order valence-electron chi connectivity index (χ2n) is 6.10. The number of fused-ring (bicyclic) bond motifs is 1. The number of carbonyl (C=O) groups is 1. The monoisotopic (exact) mass is 386 g/mol. The zero-order valence-corrected chi connectivity index (χ0v) is 16.8. The Bertz CT molecular complexity index is 1050. The molecule has 0 amide bonds. The van der Waals surface area contributed by atoms with Gasteiger partial charge in [0, 0.05) is 18.3 Å². The molecule has 0 spiro atoms. The summed E-state index contributed by atoms with van der Waals surface area (Å²) in [6, 6.07) is 15.8. The van der Waals surface area contributed by atoms with Crippen LogP contribution < -0.4 is 5.32 Å². The third-order valence-corrected chi connectivity index (χ3v) is 5.30. The van der Waals surface area contributed by atoms with Gasteiger partial charge in [0.25, 0.3) is 0 Å². The summed E-state index contributed by atoms with van der Waals surface area (Å²) in [6.07, 6.45) is 8.99. The summed E-state index contributed by atoms with van der Waals surface area (Å²) in [5.41, 5.74) is 3.95. The molecule has 140 valence electrons. The zero-order chi connectivity index (χ0) is 19.9. The molecule has 0 aliphatic heterocycles. The van der Waals surface area contributed by atoms with E-state index in [0.717, 1.165) is 21.5 Å². The number of nitrogens with one attached hydrogen (secondary N) is 1. The molecular formula is C24H22N2OS. The number of thiazole rings is 1. The summed E-state index contributed by atoms with van der Waals surface area (Å²) in [6.45, 7) is 5.72. The van der Waals surface area contributed by atoms with E-state index in [9.17, 15) is 4.79 Å². The fraction of sp³-hybridized carbons (Fsp3) is 0.0833. The van der Waals surface area contributed by atoms with Gasteiger partial charge >= 0.3 is 0 Å². The maximum absolute atomic E-state index is 13.3. The molecule has 1 aromatic heterocycles. The highest BCUT2D eigenvalue weighted by Crippen LogP contribution is 2.30. The minimum atomic E-state index is -0.0927. The molecule has 0 bridgehead atoms. The first kappa shape index (κ1) is 19.5. The normalized spacial score (nSPS) is 12.5. The Hall–Kier alpha value is -3.24. The van der Waals surface area contributed by atoms with Crippen molar-refractivity contribution in [2.75, 3.05) is 12.4 Å². The van der Waals surface area contributed by atoms with E-state index in [1.54, 1.807) is 12.2 Å². The van der Waals surface area contributed by atoms with Gasteiger partial charge in [-0.15, -0.1) is 11.3 Å². The van der Waals surface area contributed by atoms with Crippen molar-refractivity contribution in [3.63, 3.8) is 0 Å². The van der Waals surface area contributed by atoms with Crippen molar-refractivity contribution < 1.29 is 4.79 Å². The van der Waals surface area contributed by atoms with E-state index in [1.807, 2.05) is 80.7 Å². The van der Waals surface area contributed by atoms with E-state index in [-0.39, 0.29) is 5.78 Å². The van der Waals surface area contributed by atoms with E-state index in [2.05, 4.69) is 11.9 Å². The number of carbonyl (C=O) groups excluding carboxylic acids is 1. The predicted molar refractivity (Wildman–Crippen MR) is 122 cm³/mol. The second-order valence-corrected chi connectivity index (χ2v) is 7.13. The fourth-order valence-corrected chi connectivity index (χ4v) is 3.70. The topological polar surface area (TPSA) is 42.0 Å². The number of para-hydroxylation sites is 1. The van der Waals surface area contributed by atoms with E-state index in [0.29, 0.717) is 16.2 Å². The number of hydrogen-bond acceptors (Lipinski definition) is 4. The van der Waals surface area contributed by atoms with Crippen molar-refractivity contribution in [3.05, 3.63) is 95.6 Å². The molecule has 0 unspecified atom stereocenters. The number of hydrogen-bond donors (Lipinski definition) is 1. The molecule has 0 atom stereocenters. The van der Waals surface area contributed by atoms with E-state index >= 15 is 0 Å². The smallest absolute Gasteiger partial charge is 0.196 e. The summed E-state index contributed by atoms with van der Waals surface area (Å²) in [5, 5.41) is 3.81. The van der Waals surface area contributed by atoms with Crippen molar-refractivity contribution in [1.29, 1.82) is 0 Å². The molecule has 0 radical (unpaired) electrons. The molecule has 0 fully saturated rings. The molecule has 0 aliphatic rings. The van der Waals surface area contributed by atoms with Crippen LogP contribution in [0.4, 0.5) is 5.69 Å². The highest BCUT2D eigenvalue weighted by atomic mass is 32.1. The summed E-state index contributed by atoms with van der Waals surface area (Å²) in [5.74, 6) is -0.0927. The number of ketones is 1. The van der Waals surface area contributed by atoms with Crippen LogP contribution in [-0.2, 0) is 4.79 Å². The number of allylic oxidation sites excluding steroid dienone is 6. The van der Waals surface area contributed by atoms with Crippen LogP contribution in [0.2, 0.25) is 0 Å². The Labute approximate surface area is 169 Å². The van der Waals surface area contributed by atoms with Crippen molar-refractivity contribution in [3.8, 4) is 0 Å². The van der Waals surface area contributed by atoms with Gasteiger partial charge in [0.05, 0.1) is 15.8 Å². The maximum atomic E-state index is 13.3. The molecule has 2 aromatic carbocycles. The minimum Gasteiger partial charge on any atom is -0.388 e. The lowest BCUT2D eigenvalue weighted by Gasteiger charge is -2.06. The summed E-state index contributed by atoms with van der Waals surface area (Å²) in [7, 11) is 1.88. The molecule has 0 aliphatic carbocycles. The van der Waals surface area contributed by atoms with Crippen LogP contribution in [0.1, 0.15) is 17.5 Å². The summed E-state index contributed by atoms with van der Waals surface area (Å²) in [4.78, 5) is 18.0. The average molecular weight is 387 g/mol. The Morgan fingerprint density at radius 1 is 1.14 bits per heavy atom. The molecule has 0 saturated carbocycles. The number of benzene rings is 2. The van der Waals surface area contributed by atoms with Gasteiger partial charge in [-0.1, -0.05) is 55.1 Å². The maximum Gasteiger partial charge on any atom is 0.196 e. The van der Waals surface area contributed by atoms with Gasteiger partial charge in [-0.3, -0.25) is 4.79 Å². The largest absolute Gasteiger partial charge is 0.388 e. The zero-order valence-electron chi connectivity index (χ0n) is 16.0. The Kier molecular flexibility index (Phi) is 6.35. The first-order chi connectivity index (χ1) is 13.7. The number of anilines is 1. The molecule has 3 nitrogen and oxygen atoms in total. The van der Waals surface area contributed by atoms with E-state index in [4.69, 9.17) is 4.98 Å². The quantitative estimate of drug-likeness (QED) is 0.392. The molecule has 28 heavy (non-hydrogen) atoms. The standard InChI is InChI=1S/C24H22N2OS/c1-4-6-9-18(5-2)23(27)20(16-17-12-14-19(25-3)15-13-17)24-26-21-10-7-8-11-22(21)28-24/h4-16,25H,2H2,1,3H3/b6-4-,18-9+,20-16+. The molecule has 1 N–H and O–H groups in total. The van der Waals surface area contributed by atoms with Crippen molar-refractivity contribution in [2.24, 2.45) is 0 Å². The van der Waals surface area contributed by atoms with Crippen molar-refractivity contribution in [1.82, 2.24) is 4.98 Å². The lowest BCUT2D eigenvalue weighted by atomic mass is 10.0. The van der Waals surface area contributed by atoms with Gasteiger partial charge in [0.1, 0.15) is 5.01 Å². The van der Waals surface area contributed by atoms with Crippen LogP contribution in [0, 0.1) is 0 Å². The minimum absolute atomic E-state index is 0.0927. The van der Waals surface area contributed by atoms with Crippen molar-refractivity contribution in [2.45, 2.75) is 6.92 Å². The van der Waals surface area contributed by atoms with E-state index in [1.165, 1.54) is 11.3 Å². The number of nitrogens with zero attached hydrogens (tertiary/aromatic N) is 1. The first-order valence-electron chi connectivity index (χ1n) is 9.02. The third-order valence-electron chi connectivity index (χ3n) is 4.23. The number of rotatable bonds is 7. The lowest BCUT2D eigenvalue weighted by Crippen LogP contribution is -2.04. The van der Waals surface area contributed by atoms with Crippen LogP contribution in [0.3, 0.4) is 0 Å². The van der Waals surface area contributed by atoms with Gasteiger partial charge < -0.3 is 5.32 Å². The summed E-state index contributed by atoms with van der Waals surface area (Å²) >= 11 is 1.52. The molecule has 4 heteroatoms. The molecular weight excluding hydrogens is 364 g/mol. The highest BCUT2D eigenvalue weighted by Gasteiger charge is 2.18. The third kappa shape index (κ3) is 4.35. The molecule has 1 heterocycles. The molecule has 0 saturated heterocycles. The second kappa shape index (κ2) is 9.11. The summed E-state index contributed by atoms with van der Waals surface area (Å²) < 4.78 is 1.05. The van der Waals surface area contributed by atoms with Crippen molar-refractivity contribution >= 4 is 44.7 Å². The average Bonchev–Trinajstić information content (AvgIpc) is 3.16. The van der Waals surface area contributed by atoms with Gasteiger partial charge in [0.15, 0.2) is 5.78 Å². The number of aromatic nitrogens is 1. The van der Waals surface area contributed by atoms with Gasteiger partial charge in [-0.25, -0.2) is 4.98 Å². The Morgan fingerprint density at radius 3 is 2.54 bits per heavy atom. The van der Waals surface area contributed by atoms with Crippen LogP contribution in [0.15, 0.2) is 85.0 Å². The Balaban J connectivity index is 2.13. The van der Waals surface area contributed by atoms with Crippen LogP contribution >= 0.6 is 11.3 Å². The number of Topliss-reactive ketones (excluding diaryl/α,β-unsaturated/α-hetero) is 1. The lowest BCUT2D eigenvalue weighted by molar-refractivity contribution is -0.110. The van der Waals surface area contributed by atoms with E-state index < -0.39 is 0 Å². The molecule has 3 rings (SSSR count). The van der Waals surface area contributed by atoms with Crippen LogP contribution in [0.25, 0.3) is 21.9 Å². The predicted octanol–water partition coefficient (Wildman–Crippen LogP) is 6.14. The Morgan fingerprint density at radius 2 is 1.89 bits per heavy atom. The molecule has 3 aromatic rings. The fourth-order valence-electron chi connectivity index (χ4n) is 2.72. The van der Waals surface area contributed by atoms with Gasteiger partial charge in [0.2, 0.25) is 0 Å².